The molecule has 3 fully saturated rings. The van der Waals surface area contributed by atoms with Gasteiger partial charge in [0.25, 0.3) is 5.91 Å². The van der Waals surface area contributed by atoms with Gasteiger partial charge >= 0.3 is 17.8 Å². The van der Waals surface area contributed by atoms with Crippen molar-refractivity contribution in [3.63, 3.8) is 0 Å². The van der Waals surface area contributed by atoms with E-state index in [2.05, 4.69) is 5.32 Å². The van der Waals surface area contributed by atoms with Crippen molar-refractivity contribution in [3.05, 3.63) is 45.5 Å². The first kappa shape index (κ1) is 20.9. The Labute approximate surface area is 176 Å². The fourth-order valence-corrected chi connectivity index (χ4v) is 5.75. The van der Waals surface area contributed by atoms with E-state index in [1.165, 1.54) is 24.3 Å². The van der Waals surface area contributed by atoms with Crippen molar-refractivity contribution in [2.24, 2.45) is 5.92 Å². The van der Waals surface area contributed by atoms with Gasteiger partial charge in [0, 0.05) is 37.0 Å². The molecular formula is C20H22N3O8+. The number of carboxylic acids is 2. The molecule has 5 unspecified atom stereocenters. The van der Waals surface area contributed by atoms with Crippen molar-refractivity contribution in [1.82, 2.24) is 5.32 Å². The summed E-state index contributed by atoms with van der Waals surface area (Å²) >= 11 is 0. The second kappa shape index (κ2) is 7.12. The average Bonchev–Trinajstić information content (AvgIpc) is 3.02. The SMILES string of the molecule is O=C(O)c1ccccc1C(=O)NC1CCC[N+]12C(=O)C21CCC([N+](=O)[O-])CC1C(=O)O. The Balaban J connectivity index is 1.63. The van der Waals surface area contributed by atoms with E-state index in [0.29, 0.717) is 19.4 Å². The minimum Gasteiger partial charge on any atom is -0.481 e. The Morgan fingerprint density at radius 2 is 1.84 bits per heavy atom. The zero-order chi connectivity index (χ0) is 22.6. The van der Waals surface area contributed by atoms with E-state index in [4.69, 9.17) is 0 Å². The van der Waals surface area contributed by atoms with Gasteiger partial charge in [0.2, 0.25) is 11.6 Å². The molecule has 11 nitrogen and oxygen atoms in total. The highest BCUT2D eigenvalue weighted by Gasteiger charge is 2.89. The second-order valence-electron chi connectivity index (χ2n) is 8.41. The largest absolute Gasteiger partial charge is 0.481 e. The van der Waals surface area contributed by atoms with E-state index in [-0.39, 0.29) is 40.8 Å². The highest BCUT2D eigenvalue weighted by atomic mass is 16.6. The summed E-state index contributed by atoms with van der Waals surface area (Å²) in [5.41, 5.74) is -1.50. The molecule has 4 rings (SSSR count). The average molecular weight is 432 g/mol. The van der Waals surface area contributed by atoms with Gasteiger partial charge in [0.15, 0.2) is 6.17 Å². The maximum atomic E-state index is 13.2. The van der Waals surface area contributed by atoms with Gasteiger partial charge in [0.05, 0.1) is 17.7 Å². The fraction of sp³-hybridized carbons (Fsp3) is 0.500. The lowest BCUT2D eigenvalue weighted by molar-refractivity contribution is -0.816. The highest BCUT2D eigenvalue weighted by Crippen LogP contribution is 2.61. The van der Waals surface area contributed by atoms with E-state index in [1.54, 1.807) is 0 Å². The second-order valence-corrected chi connectivity index (χ2v) is 8.41. The highest BCUT2D eigenvalue weighted by molar-refractivity contribution is 6.05. The number of carboxylic acid groups (broad SMARTS) is 2. The molecule has 0 bridgehead atoms. The van der Waals surface area contributed by atoms with E-state index in [9.17, 15) is 39.5 Å². The number of aliphatic carboxylic acids is 1. The third kappa shape index (κ3) is 2.83. The van der Waals surface area contributed by atoms with Crippen LogP contribution in [0, 0.1) is 16.0 Å². The summed E-state index contributed by atoms with van der Waals surface area (Å²) in [5.74, 6) is -4.67. The van der Waals surface area contributed by atoms with E-state index in [0.717, 1.165) is 0 Å². The molecular weight excluding hydrogens is 410 g/mol. The van der Waals surface area contributed by atoms with Gasteiger partial charge in [-0.2, -0.15) is 0 Å². The van der Waals surface area contributed by atoms with Crippen molar-refractivity contribution in [1.29, 1.82) is 0 Å². The maximum absolute atomic E-state index is 13.2. The molecule has 164 valence electrons. The molecule has 3 N–H and O–H groups in total. The number of amides is 2. The lowest BCUT2D eigenvalue weighted by Crippen LogP contribution is -2.55. The minimum atomic E-state index is -1.28. The molecule has 3 aliphatic rings. The van der Waals surface area contributed by atoms with Crippen LogP contribution in [0.1, 0.15) is 52.8 Å². The Kier molecular flexibility index (Phi) is 4.80. The first-order chi connectivity index (χ1) is 14.7. The van der Waals surface area contributed by atoms with Crippen LogP contribution in [-0.4, -0.2) is 67.7 Å². The summed E-state index contributed by atoms with van der Waals surface area (Å²) < 4.78 is -0.227. The number of hydrogen-bond acceptors (Lipinski definition) is 6. The van der Waals surface area contributed by atoms with Crippen LogP contribution in [0.5, 0.6) is 0 Å². The number of aromatic carboxylic acids is 1. The molecule has 1 aromatic carbocycles. The Morgan fingerprint density at radius 3 is 2.45 bits per heavy atom. The summed E-state index contributed by atoms with van der Waals surface area (Å²) in [5, 5.41) is 33.1. The molecule has 2 saturated heterocycles. The molecule has 2 amide bonds. The summed E-state index contributed by atoms with van der Waals surface area (Å²) in [7, 11) is 0. The summed E-state index contributed by atoms with van der Waals surface area (Å²) in [6.07, 6.45) is 0.258. The van der Waals surface area contributed by atoms with Gasteiger partial charge in [-0.3, -0.25) is 19.7 Å². The lowest BCUT2D eigenvalue weighted by Gasteiger charge is -2.32. The predicted octanol–water partition coefficient (Wildman–Crippen LogP) is 0.860. The number of carbonyl (C=O) groups excluding carboxylic acids is 2. The summed E-state index contributed by atoms with van der Waals surface area (Å²) in [6.45, 7) is 0.345. The van der Waals surface area contributed by atoms with E-state index in [1.807, 2.05) is 0 Å². The van der Waals surface area contributed by atoms with Crippen LogP contribution in [0.4, 0.5) is 0 Å². The zero-order valence-corrected chi connectivity index (χ0v) is 16.5. The van der Waals surface area contributed by atoms with Crippen LogP contribution < -0.4 is 5.32 Å². The van der Waals surface area contributed by atoms with Gasteiger partial charge in [-0.1, -0.05) is 12.1 Å². The molecule has 2 spiro atoms. The number of nitrogens with one attached hydrogen (secondary N) is 1. The third-order valence-corrected chi connectivity index (χ3v) is 7.15. The molecule has 2 heterocycles. The van der Waals surface area contributed by atoms with Crippen LogP contribution in [0.3, 0.4) is 0 Å². The zero-order valence-electron chi connectivity index (χ0n) is 16.5. The van der Waals surface area contributed by atoms with Crippen molar-refractivity contribution < 1.29 is 38.8 Å². The molecule has 0 aromatic heterocycles. The van der Waals surface area contributed by atoms with Gasteiger partial charge in [0.1, 0.15) is 5.92 Å². The Hall–Kier alpha value is -3.34. The maximum Gasteiger partial charge on any atom is 0.378 e. The number of benzene rings is 1. The quantitative estimate of drug-likeness (QED) is 0.267. The molecule has 5 atom stereocenters. The number of quaternary nitrogens is 1. The Bertz CT molecular complexity index is 1010. The molecule has 1 aromatic rings. The number of fused-ring (bicyclic) bond motifs is 1. The van der Waals surface area contributed by atoms with Gasteiger partial charge < -0.3 is 15.5 Å². The molecule has 11 heteroatoms. The van der Waals surface area contributed by atoms with Crippen LogP contribution in [0.15, 0.2) is 24.3 Å². The molecule has 1 saturated carbocycles. The molecule has 1 aliphatic carbocycles. The first-order valence-corrected chi connectivity index (χ1v) is 10.1. The van der Waals surface area contributed by atoms with Gasteiger partial charge in [-0.15, -0.1) is 0 Å². The van der Waals surface area contributed by atoms with Crippen molar-refractivity contribution in [2.75, 3.05) is 6.54 Å². The van der Waals surface area contributed by atoms with Gasteiger partial charge in [-0.05, 0) is 12.1 Å². The van der Waals surface area contributed by atoms with Gasteiger partial charge in [-0.25, -0.2) is 14.1 Å². The Morgan fingerprint density at radius 1 is 1.16 bits per heavy atom. The van der Waals surface area contributed by atoms with Crippen LogP contribution in [-0.2, 0) is 9.59 Å². The molecule has 2 aliphatic heterocycles. The van der Waals surface area contributed by atoms with Crippen molar-refractivity contribution in [2.45, 2.75) is 49.9 Å². The van der Waals surface area contributed by atoms with Crippen molar-refractivity contribution in [3.8, 4) is 0 Å². The van der Waals surface area contributed by atoms with Crippen LogP contribution in [0.2, 0.25) is 0 Å². The van der Waals surface area contributed by atoms with E-state index >= 15 is 0 Å². The topological polar surface area (TPSA) is 164 Å². The lowest BCUT2D eigenvalue weighted by atomic mass is 9.75. The van der Waals surface area contributed by atoms with Crippen LogP contribution >= 0.6 is 0 Å². The number of nitrogens with zero attached hydrogens (tertiary/aromatic N) is 2. The normalized spacial score (nSPS) is 33.9. The first-order valence-electron chi connectivity index (χ1n) is 10.1. The molecule has 0 radical (unpaired) electrons. The number of hydrogen-bond donors (Lipinski definition) is 3. The van der Waals surface area contributed by atoms with E-state index < -0.39 is 46.4 Å². The smallest absolute Gasteiger partial charge is 0.378 e. The minimum absolute atomic E-state index is 0.0461. The standard InChI is InChI=1S/C20H21N3O8/c24-16(12-4-1-2-5-13(12)17(25)26)21-15-6-3-9-23(15)19(29)20(23)8-7-11(22(30)31)10-14(20)18(27)28/h1-2,4-5,11,14-15H,3,6-10H2,(H2-,21,24,25,26,27,28)/p+1. The molecule has 31 heavy (non-hydrogen) atoms. The van der Waals surface area contributed by atoms with Crippen molar-refractivity contribution >= 4 is 23.8 Å². The summed E-state index contributed by atoms with van der Waals surface area (Å²) in [4.78, 5) is 60.2. The summed E-state index contributed by atoms with van der Waals surface area (Å²) in [6, 6.07) is 4.69. The number of rotatable bonds is 5. The fourth-order valence-electron chi connectivity index (χ4n) is 5.75. The van der Waals surface area contributed by atoms with Crippen LogP contribution in [0.25, 0.3) is 0 Å². The number of carbonyl (C=O) groups is 4. The monoisotopic (exact) mass is 432 g/mol. The predicted molar refractivity (Wildman–Crippen MR) is 103 cm³/mol. The third-order valence-electron chi connectivity index (χ3n) is 7.15. The number of nitro groups is 1.